The van der Waals surface area contributed by atoms with Crippen LogP contribution in [0.5, 0.6) is 0 Å². The SMILES string of the molecule is O=C(Nc1ccccc1Cl)c1cccc(C(=O)NC2CCCCC2)n1. The molecule has 0 atom stereocenters. The van der Waals surface area contributed by atoms with Crippen LogP contribution in [-0.2, 0) is 0 Å². The van der Waals surface area contributed by atoms with Crippen LogP contribution in [0.3, 0.4) is 0 Å². The number of nitrogens with zero attached hydrogens (tertiary/aromatic N) is 1. The lowest BCUT2D eigenvalue weighted by atomic mass is 9.95. The molecule has 6 heteroatoms. The first kappa shape index (κ1) is 17.4. The van der Waals surface area contributed by atoms with Crippen molar-refractivity contribution in [3.8, 4) is 0 Å². The summed E-state index contributed by atoms with van der Waals surface area (Å²) in [7, 11) is 0. The number of hydrogen-bond donors (Lipinski definition) is 2. The van der Waals surface area contributed by atoms with Gasteiger partial charge in [-0.3, -0.25) is 9.59 Å². The van der Waals surface area contributed by atoms with Crippen LogP contribution in [0.2, 0.25) is 5.02 Å². The zero-order valence-electron chi connectivity index (χ0n) is 13.8. The van der Waals surface area contributed by atoms with Gasteiger partial charge in [0.25, 0.3) is 11.8 Å². The minimum absolute atomic E-state index is 0.177. The van der Waals surface area contributed by atoms with E-state index >= 15 is 0 Å². The molecule has 1 saturated carbocycles. The van der Waals surface area contributed by atoms with Crippen LogP contribution in [0.25, 0.3) is 0 Å². The predicted octanol–water partition coefficient (Wildman–Crippen LogP) is 4.05. The summed E-state index contributed by atoms with van der Waals surface area (Å²) in [4.78, 5) is 28.9. The molecule has 0 bridgehead atoms. The van der Waals surface area contributed by atoms with Gasteiger partial charge >= 0.3 is 0 Å². The third-order valence-corrected chi connectivity index (χ3v) is 4.61. The fourth-order valence-corrected chi connectivity index (χ4v) is 3.13. The number of aromatic nitrogens is 1. The van der Waals surface area contributed by atoms with Crippen molar-refractivity contribution in [2.45, 2.75) is 38.1 Å². The number of rotatable bonds is 4. The van der Waals surface area contributed by atoms with Gasteiger partial charge in [0, 0.05) is 6.04 Å². The predicted molar refractivity (Wildman–Crippen MR) is 98.0 cm³/mol. The van der Waals surface area contributed by atoms with E-state index in [9.17, 15) is 9.59 Å². The molecule has 3 rings (SSSR count). The Morgan fingerprint density at radius 1 is 0.920 bits per heavy atom. The van der Waals surface area contributed by atoms with Crippen molar-refractivity contribution in [3.63, 3.8) is 0 Å². The molecule has 1 aliphatic carbocycles. The maximum Gasteiger partial charge on any atom is 0.274 e. The van der Waals surface area contributed by atoms with Gasteiger partial charge in [0.2, 0.25) is 0 Å². The van der Waals surface area contributed by atoms with E-state index < -0.39 is 5.91 Å². The fourth-order valence-electron chi connectivity index (χ4n) is 2.94. The summed E-state index contributed by atoms with van der Waals surface area (Å²) in [5, 5.41) is 6.16. The van der Waals surface area contributed by atoms with Crippen molar-refractivity contribution in [2.24, 2.45) is 0 Å². The van der Waals surface area contributed by atoms with E-state index in [0.29, 0.717) is 10.7 Å². The molecule has 0 saturated heterocycles. The molecule has 0 radical (unpaired) electrons. The van der Waals surface area contributed by atoms with Gasteiger partial charge in [-0.25, -0.2) is 4.98 Å². The highest BCUT2D eigenvalue weighted by atomic mass is 35.5. The van der Waals surface area contributed by atoms with Crippen molar-refractivity contribution in [3.05, 3.63) is 58.9 Å². The van der Waals surface area contributed by atoms with Crippen molar-refractivity contribution in [1.82, 2.24) is 10.3 Å². The number of amides is 2. The Morgan fingerprint density at radius 3 is 2.32 bits per heavy atom. The molecule has 0 aliphatic heterocycles. The van der Waals surface area contributed by atoms with Crippen molar-refractivity contribution >= 4 is 29.1 Å². The number of nitrogens with one attached hydrogen (secondary N) is 2. The van der Waals surface area contributed by atoms with Gasteiger partial charge in [-0.15, -0.1) is 0 Å². The molecule has 1 aromatic carbocycles. The Hall–Kier alpha value is -2.40. The fraction of sp³-hybridized carbons (Fsp3) is 0.316. The first-order chi connectivity index (χ1) is 12.1. The Kier molecular flexibility index (Phi) is 5.66. The molecule has 1 heterocycles. The van der Waals surface area contributed by atoms with Crippen molar-refractivity contribution in [1.29, 1.82) is 0 Å². The zero-order valence-corrected chi connectivity index (χ0v) is 14.6. The summed E-state index contributed by atoms with van der Waals surface area (Å²) in [6.45, 7) is 0. The molecule has 2 N–H and O–H groups in total. The van der Waals surface area contributed by atoms with Crippen LogP contribution in [0.1, 0.15) is 53.1 Å². The van der Waals surface area contributed by atoms with Gasteiger partial charge in [-0.05, 0) is 37.1 Å². The molecule has 0 spiro atoms. The highest BCUT2D eigenvalue weighted by Gasteiger charge is 2.18. The number of carbonyl (C=O) groups is 2. The summed E-state index contributed by atoms with van der Waals surface area (Å²) in [6, 6.07) is 12.0. The Balaban J connectivity index is 1.69. The molecular formula is C19H20ClN3O2. The summed E-state index contributed by atoms with van der Waals surface area (Å²) in [6.07, 6.45) is 5.50. The van der Waals surface area contributed by atoms with E-state index in [1.165, 1.54) is 6.42 Å². The van der Waals surface area contributed by atoms with E-state index in [2.05, 4.69) is 15.6 Å². The average Bonchev–Trinajstić information content (AvgIpc) is 2.64. The van der Waals surface area contributed by atoms with Gasteiger partial charge in [-0.2, -0.15) is 0 Å². The first-order valence-electron chi connectivity index (χ1n) is 8.47. The van der Waals surface area contributed by atoms with Gasteiger partial charge in [-0.1, -0.05) is 49.1 Å². The quantitative estimate of drug-likeness (QED) is 0.867. The zero-order chi connectivity index (χ0) is 17.6. The lowest BCUT2D eigenvalue weighted by Crippen LogP contribution is -2.36. The number of para-hydroxylation sites is 1. The normalized spacial score (nSPS) is 14.8. The van der Waals surface area contributed by atoms with Crippen LogP contribution in [0.4, 0.5) is 5.69 Å². The second-order valence-electron chi connectivity index (χ2n) is 6.15. The minimum atomic E-state index is -0.402. The number of benzene rings is 1. The summed E-state index contributed by atoms with van der Waals surface area (Å²) in [5.74, 6) is -0.639. The topological polar surface area (TPSA) is 71.1 Å². The largest absolute Gasteiger partial charge is 0.348 e. The number of anilines is 1. The Morgan fingerprint density at radius 2 is 1.60 bits per heavy atom. The second-order valence-corrected chi connectivity index (χ2v) is 6.56. The van der Waals surface area contributed by atoms with Gasteiger partial charge in [0.05, 0.1) is 10.7 Å². The molecule has 25 heavy (non-hydrogen) atoms. The molecule has 5 nitrogen and oxygen atoms in total. The molecule has 1 aromatic heterocycles. The number of carbonyl (C=O) groups excluding carboxylic acids is 2. The number of halogens is 1. The smallest absolute Gasteiger partial charge is 0.274 e. The van der Waals surface area contributed by atoms with Crippen LogP contribution in [0.15, 0.2) is 42.5 Å². The monoisotopic (exact) mass is 357 g/mol. The Bertz CT molecular complexity index is 773. The molecule has 2 amide bonds. The van der Waals surface area contributed by atoms with E-state index in [0.717, 1.165) is 25.7 Å². The van der Waals surface area contributed by atoms with Crippen LogP contribution < -0.4 is 10.6 Å². The molecular weight excluding hydrogens is 338 g/mol. The standard InChI is InChI=1S/C19H20ClN3O2/c20-14-9-4-5-10-15(14)23-19(25)17-12-6-11-16(22-17)18(24)21-13-7-2-1-3-8-13/h4-6,9-13H,1-3,7-8H2,(H,21,24)(H,23,25). The van der Waals surface area contributed by atoms with Gasteiger partial charge in [0.1, 0.15) is 11.4 Å². The lowest BCUT2D eigenvalue weighted by molar-refractivity contribution is 0.0922. The third-order valence-electron chi connectivity index (χ3n) is 4.28. The summed E-state index contributed by atoms with van der Waals surface area (Å²) >= 11 is 6.05. The van der Waals surface area contributed by atoms with Gasteiger partial charge < -0.3 is 10.6 Å². The third kappa shape index (κ3) is 4.57. The Labute approximate surface area is 151 Å². The maximum absolute atomic E-state index is 12.4. The lowest BCUT2D eigenvalue weighted by Gasteiger charge is -2.22. The highest BCUT2D eigenvalue weighted by Crippen LogP contribution is 2.21. The van der Waals surface area contributed by atoms with Crippen molar-refractivity contribution in [2.75, 3.05) is 5.32 Å². The van der Waals surface area contributed by atoms with Crippen molar-refractivity contribution < 1.29 is 9.59 Å². The minimum Gasteiger partial charge on any atom is -0.348 e. The second kappa shape index (κ2) is 8.12. The van der Waals surface area contributed by atoms with Crippen LogP contribution >= 0.6 is 11.6 Å². The summed E-state index contributed by atoms with van der Waals surface area (Å²) in [5.41, 5.74) is 0.932. The summed E-state index contributed by atoms with van der Waals surface area (Å²) < 4.78 is 0. The van der Waals surface area contributed by atoms with Gasteiger partial charge in [0.15, 0.2) is 0 Å². The van der Waals surface area contributed by atoms with E-state index in [-0.39, 0.29) is 23.3 Å². The van der Waals surface area contributed by atoms with E-state index in [1.54, 1.807) is 42.5 Å². The molecule has 2 aromatic rings. The number of pyridine rings is 1. The maximum atomic E-state index is 12.4. The molecule has 0 unspecified atom stereocenters. The highest BCUT2D eigenvalue weighted by molar-refractivity contribution is 6.33. The molecule has 1 fully saturated rings. The van der Waals surface area contributed by atoms with E-state index in [4.69, 9.17) is 11.6 Å². The number of hydrogen-bond acceptors (Lipinski definition) is 3. The van der Waals surface area contributed by atoms with Crippen LogP contribution in [0, 0.1) is 0 Å². The first-order valence-corrected chi connectivity index (χ1v) is 8.85. The van der Waals surface area contributed by atoms with Crippen LogP contribution in [-0.4, -0.2) is 22.8 Å². The average molecular weight is 358 g/mol. The molecule has 1 aliphatic rings. The molecule has 130 valence electrons. The van der Waals surface area contributed by atoms with E-state index in [1.807, 2.05) is 0 Å².